The molecule has 0 aromatic carbocycles. The van der Waals surface area contributed by atoms with Crippen molar-refractivity contribution in [3.05, 3.63) is 30.1 Å². The fraction of sp³-hybridized carbons (Fsp3) is 0.500. The number of nitrogens with two attached hydrogens (primary N) is 1. The zero-order chi connectivity index (χ0) is 15.2. The zero-order valence-corrected chi connectivity index (χ0v) is 13.2. The van der Waals surface area contributed by atoms with Crippen LogP contribution in [-0.4, -0.2) is 35.3 Å². The largest absolute Gasteiger partial charge is 0.393 e. The van der Waals surface area contributed by atoms with Crippen molar-refractivity contribution >= 4 is 27.4 Å². The molecule has 0 aliphatic carbocycles. The minimum Gasteiger partial charge on any atom is -0.393 e. The molecule has 0 bridgehead atoms. The van der Waals surface area contributed by atoms with Gasteiger partial charge in [0.05, 0.1) is 4.99 Å². The van der Waals surface area contributed by atoms with E-state index in [0.29, 0.717) is 11.4 Å². The standard InChI is InChI=1S/C12H20N4O2S2/c1-10(2)15-20(17,18)16(7-5-12(13)19)9-11-4-3-6-14-8-11/h3-4,6,8,10,15H,5,7,9H2,1-2H3,(H2,13,19). The second-order valence-corrected chi connectivity index (χ2v) is 6.92. The van der Waals surface area contributed by atoms with E-state index in [1.807, 2.05) is 6.07 Å². The van der Waals surface area contributed by atoms with Gasteiger partial charge in [0.2, 0.25) is 0 Å². The number of rotatable bonds is 8. The molecule has 0 atom stereocenters. The number of hydrogen-bond donors (Lipinski definition) is 2. The van der Waals surface area contributed by atoms with Crippen LogP contribution < -0.4 is 10.5 Å². The van der Waals surface area contributed by atoms with E-state index < -0.39 is 10.2 Å². The topological polar surface area (TPSA) is 88.3 Å². The normalized spacial score (nSPS) is 12.0. The Balaban J connectivity index is 2.87. The third-order valence-corrected chi connectivity index (χ3v) is 4.38. The molecule has 1 rings (SSSR count). The van der Waals surface area contributed by atoms with Crippen LogP contribution in [0.25, 0.3) is 0 Å². The minimum atomic E-state index is -3.58. The lowest BCUT2D eigenvalue weighted by molar-refractivity contribution is 0.402. The van der Waals surface area contributed by atoms with Crippen molar-refractivity contribution in [3.8, 4) is 0 Å². The van der Waals surface area contributed by atoms with E-state index in [1.54, 1.807) is 32.3 Å². The van der Waals surface area contributed by atoms with Crippen molar-refractivity contribution in [1.29, 1.82) is 0 Å². The summed E-state index contributed by atoms with van der Waals surface area (Å²) in [5.74, 6) is 0. The van der Waals surface area contributed by atoms with Crippen LogP contribution in [0.4, 0.5) is 0 Å². The van der Waals surface area contributed by atoms with Gasteiger partial charge in [0.25, 0.3) is 10.2 Å². The lowest BCUT2D eigenvalue weighted by atomic mass is 10.3. The van der Waals surface area contributed by atoms with Crippen LogP contribution in [0.5, 0.6) is 0 Å². The first-order valence-electron chi connectivity index (χ1n) is 6.26. The third kappa shape index (κ3) is 5.91. The van der Waals surface area contributed by atoms with Crippen LogP contribution in [0, 0.1) is 0 Å². The van der Waals surface area contributed by atoms with Gasteiger partial charge in [-0.2, -0.15) is 17.4 Å². The average molecular weight is 316 g/mol. The van der Waals surface area contributed by atoms with Crippen LogP contribution in [0.1, 0.15) is 25.8 Å². The number of pyridine rings is 1. The molecule has 0 fully saturated rings. The van der Waals surface area contributed by atoms with E-state index >= 15 is 0 Å². The predicted octanol–water partition coefficient (Wildman–Crippen LogP) is 0.803. The molecule has 0 spiro atoms. The van der Waals surface area contributed by atoms with Crippen LogP contribution in [0.15, 0.2) is 24.5 Å². The average Bonchev–Trinajstić information content (AvgIpc) is 2.33. The number of thiocarbonyl (C=S) groups is 1. The van der Waals surface area contributed by atoms with Crippen LogP contribution in [0.3, 0.4) is 0 Å². The molecule has 1 aromatic heterocycles. The van der Waals surface area contributed by atoms with Gasteiger partial charge in [-0.15, -0.1) is 0 Å². The first-order chi connectivity index (χ1) is 9.31. The molecule has 3 N–H and O–H groups in total. The summed E-state index contributed by atoms with van der Waals surface area (Å²) in [7, 11) is -3.58. The van der Waals surface area contributed by atoms with Crippen LogP contribution >= 0.6 is 12.2 Å². The summed E-state index contributed by atoms with van der Waals surface area (Å²) < 4.78 is 28.4. The Morgan fingerprint density at radius 2 is 2.25 bits per heavy atom. The number of hydrogen-bond acceptors (Lipinski definition) is 4. The summed E-state index contributed by atoms with van der Waals surface area (Å²) in [5, 5.41) is 0. The number of nitrogens with zero attached hydrogens (tertiary/aromatic N) is 2. The van der Waals surface area contributed by atoms with Gasteiger partial charge < -0.3 is 5.73 Å². The molecule has 112 valence electrons. The van der Waals surface area contributed by atoms with E-state index in [-0.39, 0.29) is 19.1 Å². The highest BCUT2D eigenvalue weighted by Gasteiger charge is 2.22. The lowest BCUT2D eigenvalue weighted by Crippen LogP contribution is -2.44. The molecule has 0 unspecified atom stereocenters. The van der Waals surface area contributed by atoms with E-state index in [2.05, 4.69) is 9.71 Å². The SMILES string of the molecule is CC(C)NS(=O)(=O)N(CCC(N)=S)Cc1cccnc1. The molecular formula is C12H20N4O2S2. The molecule has 0 saturated carbocycles. The van der Waals surface area contributed by atoms with Crippen molar-refractivity contribution in [2.24, 2.45) is 5.73 Å². The first kappa shape index (κ1) is 17.0. The Kier molecular flexibility index (Phi) is 6.47. The maximum absolute atomic E-state index is 12.3. The number of nitrogens with one attached hydrogen (secondary N) is 1. The monoisotopic (exact) mass is 316 g/mol. The van der Waals surface area contributed by atoms with E-state index in [9.17, 15) is 8.42 Å². The highest BCUT2D eigenvalue weighted by Crippen LogP contribution is 2.09. The van der Waals surface area contributed by atoms with Gasteiger partial charge >= 0.3 is 0 Å². The van der Waals surface area contributed by atoms with Crippen molar-refractivity contribution in [1.82, 2.24) is 14.0 Å². The summed E-state index contributed by atoms with van der Waals surface area (Å²) in [4.78, 5) is 4.28. The minimum absolute atomic E-state index is 0.179. The van der Waals surface area contributed by atoms with Gasteiger partial charge in [-0.05, 0) is 25.5 Å². The van der Waals surface area contributed by atoms with E-state index in [4.69, 9.17) is 18.0 Å². The summed E-state index contributed by atoms with van der Waals surface area (Å²) >= 11 is 4.81. The second-order valence-electron chi connectivity index (χ2n) is 4.69. The highest BCUT2D eigenvalue weighted by molar-refractivity contribution is 7.87. The smallest absolute Gasteiger partial charge is 0.279 e. The Morgan fingerprint density at radius 3 is 2.75 bits per heavy atom. The maximum Gasteiger partial charge on any atom is 0.279 e. The number of aromatic nitrogens is 1. The quantitative estimate of drug-likeness (QED) is 0.693. The Morgan fingerprint density at radius 1 is 1.55 bits per heavy atom. The van der Waals surface area contributed by atoms with Gasteiger partial charge in [0.1, 0.15) is 0 Å². The molecule has 0 aliphatic rings. The van der Waals surface area contributed by atoms with Crippen molar-refractivity contribution < 1.29 is 8.42 Å². The molecule has 20 heavy (non-hydrogen) atoms. The van der Waals surface area contributed by atoms with Gasteiger partial charge in [0.15, 0.2) is 0 Å². The summed E-state index contributed by atoms with van der Waals surface area (Å²) in [5.41, 5.74) is 6.27. The van der Waals surface area contributed by atoms with Gasteiger partial charge in [-0.25, -0.2) is 0 Å². The fourth-order valence-electron chi connectivity index (χ4n) is 1.59. The van der Waals surface area contributed by atoms with Gasteiger partial charge in [-0.3, -0.25) is 4.98 Å². The molecular weight excluding hydrogens is 296 g/mol. The maximum atomic E-state index is 12.3. The van der Waals surface area contributed by atoms with E-state index in [0.717, 1.165) is 5.56 Å². The van der Waals surface area contributed by atoms with Crippen molar-refractivity contribution in [2.75, 3.05) is 6.54 Å². The molecule has 0 aliphatic heterocycles. The van der Waals surface area contributed by atoms with Gasteiger partial charge in [-0.1, -0.05) is 18.3 Å². The Hall–Kier alpha value is -1.09. The lowest BCUT2D eigenvalue weighted by Gasteiger charge is -2.23. The molecule has 0 radical (unpaired) electrons. The van der Waals surface area contributed by atoms with Crippen LogP contribution in [-0.2, 0) is 16.8 Å². The molecule has 0 amide bonds. The third-order valence-electron chi connectivity index (χ3n) is 2.41. The first-order valence-corrected chi connectivity index (χ1v) is 8.10. The molecule has 8 heteroatoms. The van der Waals surface area contributed by atoms with Gasteiger partial charge in [0, 0.05) is 37.9 Å². The molecule has 1 aromatic rings. The van der Waals surface area contributed by atoms with Crippen molar-refractivity contribution in [2.45, 2.75) is 32.9 Å². The van der Waals surface area contributed by atoms with Crippen molar-refractivity contribution in [3.63, 3.8) is 0 Å². The molecule has 0 saturated heterocycles. The summed E-state index contributed by atoms with van der Waals surface area (Å²) in [6, 6.07) is 3.41. The highest BCUT2D eigenvalue weighted by atomic mass is 32.2. The molecule has 6 nitrogen and oxygen atoms in total. The summed E-state index contributed by atoms with van der Waals surface area (Å²) in [6.45, 7) is 4.02. The van der Waals surface area contributed by atoms with E-state index in [1.165, 1.54) is 4.31 Å². The van der Waals surface area contributed by atoms with Crippen LogP contribution in [0.2, 0.25) is 0 Å². The predicted molar refractivity (Wildman–Crippen MR) is 83.2 cm³/mol. The Labute approximate surface area is 125 Å². The second kappa shape index (κ2) is 7.63. The molecule has 1 heterocycles. The fourth-order valence-corrected chi connectivity index (χ4v) is 3.07. The Bertz CT molecular complexity index is 532. The zero-order valence-electron chi connectivity index (χ0n) is 11.6. The summed E-state index contributed by atoms with van der Waals surface area (Å²) in [6.07, 6.45) is 3.62.